The van der Waals surface area contributed by atoms with Crippen molar-refractivity contribution in [3.05, 3.63) is 41.9 Å². The fourth-order valence-electron chi connectivity index (χ4n) is 1.72. The third-order valence-electron chi connectivity index (χ3n) is 2.61. The molecular formula is C13H12N4S. The summed E-state index contributed by atoms with van der Waals surface area (Å²) in [4.78, 5) is 8.68. The molecule has 0 bridgehead atoms. The standard InChI is InChI=1S/C13H12N4S/c1-14-12-3-2-4-13(17-12)16-9-5-6-10-11(7-9)18-8-15-10/h2-8H,1H3,(H2,14,16,17). The molecule has 0 aliphatic heterocycles. The van der Waals surface area contributed by atoms with Crippen LogP contribution in [-0.2, 0) is 0 Å². The van der Waals surface area contributed by atoms with E-state index in [4.69, 9.17) is 0 Å². The van der Waals surface area contributed by atoms with Crippen LogP contribution >= 0.6 is 11.3 Å². The van der Waals surface area contributed by atoms with Crippen LogP contribution in [0.25, 0.3) is 10.2 Å². The molecule has 2 N–H and O–H groups in total. The Labute approximate surface area is 109 Å². The van der Waals surface area contributed by atoms with Gasteiger partial charge in [-0.2, -0.15) is 0 Å². The number of benzene rings is 1. The molecule has 0 saturated heterocycles. The molecule has 2 aromatic heterocycles. The van der Waals surface area contributed by atoms with Gasteiger partial charge in [-0.3, -0.25) is 0 Å². The van der Waals surface area contributed by atoms with Gasteiger partial charge in [0.15, 0.2) is 0 Å². The van der Waals surface area contributed by atoms with E-state index in [0.29, 0.717) is 0 Å². The molecule has 0 fully saturated rings. The Balaban J connectivity index is 1.90. The third kappa shape index (κ3) is 2.12. The van der Waals surface area contributed by atoms with Crippen LogP contribution < -0.4 is 10.6 Å². The van der Waals surface area contributed by atoms with Crippen molar-refractivity contribution in [2.75, 3.05) is 17.7 Å². The zero-order valence-corrected chi connectivity index (χ0v) is 10.7. The fraction of sp³-hybridized carbons (Fsp3) is 0.0769. The molecule has 2 heterocycles. The number of hydrogen-bond acceptors (Lipinski definition) is 5. The number of nitrogens with one attached hydrogen (secondary N) is 2. The summed E-state index contributed by atoms with van der Waals surface area (Å²) < 4.78 is 1.17. The highest BCUT2D eigenvalue weighted by Gasteiger charge is 2.00. The molecule has 0 spiro atoms. The Morgan fingerprint density at radius 2 is 2.00 bits per heavy atom. The predicted octanol–water partition coefficient (Wildman–Crippen LogP) is 3.48. The lowest BCUT2D eigenvalue weighted by Crippen LogP contribution is -1.97. The van der Waals surface area contributed by atoms with Gasteiger partial charge in [-0.15, -0.1) is 11.3 Å². The number of fused-ring (bicyclic) bond motifs is 1. The summed E-state index contributed by atoms with van der Waals surface area (Å²) >= 11 is 1.64. The van der Waals surface area contributed by atoms with Gasteiger partial charge < -0.3 is 10.6 Å². The van der Waals surface area contributed by atoms with Crippen LogP contribution in [0.1, 0.15) is 0 Å². The maximum Gasteiger partial charge on any atom is 0.132 e. The minimum atomic E-state index is 0.825. The van der Waals surface area contributed by atoms with Crippen molar-refractivity contribution < 1.29 is 0 Å². The van der Waals surface area contributed by atoms with E-state index < -0.39 is 0 Å². The van der Waals surface area contributed by atoms with E-state index in [-0.39, 0.29) is 0 Å². The van der Waals surface area contributed by atoms with Crippen molar-refractivity contribution in [3.8, 4) is 0 Å². The summed E-state index contributed by atoms with van der Waals surface area (Å²) in [6, 6.07) is 11.9. The summed E-state index contributed by atoms with van der Waals surface area (Å²) in [7, 11) is 1.86. The molecule has 3 aromatic rings. The van der Waals surface area contributed by atoms with Crippen molar-refractivity contribution in [1.29, 1.82) is 0 Å². The molecule has 0 aliphatic carbocycles. The number of hydrogen-bond donors (Lipinski definition) is 2. The van der Waals surface area contributed by atoms with Gasteiger partial charge in [0.05, 0.1) is 15.7 Å². The molecule has 0 unspecified atom stereocenters. The third-order valence-corrected chi connectivity index (χ3v) is 3.40. The Kier molecular flexibility index (Phi) is 2.82. The maximum atomic E-state index is 4.42. The molecular weight excluding hydrogens is 244 g/mol. The Morgan fingerprint density at radius 3 is 2.89 bits per heavy atom. The highest BCUT2D eigenvalue weighted by Crippen LogP contribution is 2.24. The number of pyridine rings is 1. The van der Waals surface area contributed by atoms with Crippen molar-refractivity contribution in [2.45, 2.75) is 0 Å². The molecule has 3 rings (SSSR count). The van der Waals surface area contributed by atoms with Gasteiger partial charge in [0.2, 0.25) is 0 Å². The van der Waals surface area contributed by atoms with E-state index in [1.165, 1.54) is 4.70 Å². The topological polar surface area (TPSA) is 49.8 Å². The summed E-state index contributed by atoms with van der Waals surface area (Å²) in [5.41, 5.74) is 3.91. The number of aromatic nitrogens is 2. The zero-order chi connectivity index (χ0) is 12.4. The van der Waals surface area contributed by atoms with Gasteiger partial charge >= 0.3 is 0 Å². The van der Waals surface area contributed by atoms with Crippen LogP contribution in [0.15, 0.2) is 41.9 Å². The summed E-state index contributed by atoms with van der Waals surface area (Å²) in [6.45, 7) is 0. The predicted molar refractivity (Wildman–Crippen MR) is 76.7 cm³/mol. The monoisotopic (exact) mass is 256 g/mol. The van der Waals surface area contributed by atoms with E-state index >= 15 is 0 Å². The number of rotatable bonds is 3. The largest absolute Gasteiger partial charge is 0.373 e. The molecule has 1 aromatic carbocycles. The Morgan fingerprint density at radius 1 is 1.11 bits per heavy atom. The average molecular weight is 256 g/mol. The number of thiazole rings is 1. The summed E-state index contributed by atoms with van der Waals surface area (Å²) in [6.07, 6.45) is 0. The molecule has 0 saturated carbocycles. The Hall–Kier alpha value is -2.14. The van der Waals surface area contributed by atoms with Crippen LogP contribution in [0.3, 0.4) is 0 Å². The van der Waals surface area contributed by atoms with E-state index in [0.717, 1.165) is 22.8 Å². The first kappa shape index (κ1) is 11.0. The quantitative estimate of drug-likeness (QED) is 0.753. The van der Waals surface area contributed by atoms with Crippen LogP contribution in [0.5, 0.6) is 0 Å². The maximum absolute atomic E-state index is 4.42. The normalized spacial score (nSPS) is 10.5. The first-order chi connectivity index (χ1) is 8.85. The lowest BCUT2D eigenvalue weighted by molar-refractivity contribution is 1.28. The molecule has 4 nitrogen and oxygen atoms in total. The molecule has 0 atom stereocenters. The zero-order valence-electron chi connectivity index (χ0n) is 9.84. The second-order valence-electron chi connectivity index (χ2n) is 3.82. The fourth-order valence-corrected chi connectivity index (χ4v) is 2.44. The molecule has 0 amide bonds. The van der Waals surface area contributed by atoms with Crippen molar-refractivity contribution >= 4 is 38.9 Å². The van der Waals surface area contributed by atoms with E-state index in [1.807, 2.05) is 42.9 Å². The smallest absolute Gasteiger partial charge is 0.132 e. The van der Waals surface area contributed by atoms with E-state index in [9.17, 15) is 0 Å². The van der Waals surface area contributed by atoms with Crippen LogP contribution in [-0.4, -0.2) is 17.0 Å². The molecule has 0 aliphatic rings. The molecule has 5 heteroatoms. The van der Waals surface area contributed by atoms with Gasteiger partial charge in [-0.1, -0.05) is 6.07 Å². The van der Waals surface area contributed by atoms with E-state index in [2.05, 4.69) is 26.7 Å². The average Bonchev–Trinajstić information content (AvgIpc) is 2.86. The van der Waals surface area contributed by atoms with Gasteiger partial charge in [0.1, 0.15) is 11.6 Å². The van der Waals surface area contributed by atoms with Crippen molar-refractivity contribution in [2.24, 2.45) is 0 Å². The minimum Gasteiger partial charge on any atom is -0.373 e. The number of nitrogens with zero attached hydrogens (tertiary/aromatic N) is 2. The minimum absolute atomic E-state index is 0.825. The summed E-state index contributed by atoms with van der Waals surface area (Å²) in [5, 5.41) is 6.31. The highest BCUT2D eigenvalue weighted by atomic mass is 32.1. The van der Waals surface area contributed by atoms with Gasteiger partial charge in [-0.05, 0) is 30.3 Å². The van der Waals surface area contributed by atoms with Gasteiger partial charge in [0.25, 0.3) is 0 Å². The second-order valence-corrected chi connectivity index (χ2v) is 4.70. The van der Waals surface area contributed by atoms with E-state index in [1.54, 1.807) is 11.3 Å². The lowest BCUT2D eigenvalue weighted by atomic mass is 10.3. The van der Waals surface area contributed by atoms with Crippen LogP contribution in [0.4, 0.5) is 17.3 Å². The second kappa shape index (κ2) is 4.62. The molecule has 90 valence electrons. The van der Waals surface area contributed by atoms with Crippen LogP contribution in [0, 0.1) is 0 Å². The van der Waals surface area contributed by atoms with Crippen molar-refractivity contribution in [1.82, 2.24) is 9.97 Å². The first-order valence-corrected chi connectivity index (χ1v) is 6.48. The van der Waals surface area contributed by atoms with Gasteiger partial charge in [0, 0.05) is 12.7 Å². The summed E-state index contributed by atoms with van der Waals surface area (Å²) in [5.74, 6) is 1.67. The van der Waals surface area contributed by atoms with Crippen molar-refractivity contribution in [3.63, 3.8) is 0 Å². The Bertz CT molecular complexity index is 677. The highest BCUT2D eigenvalue weighted by molar-refractivity contribution is 7.16. The SMILES string of the molecule is CNc1cccc(Nc2ccc3ncsc3c2)n1. The van der Waals surface area contributed by atoms with Crippen LogP contribution in [0.2, 0.25) is 0 Å². The lowest BCUT2D eigenvalue weighted by Gasteiger charge is -2.07. The molecule has 0 radical (unpaired) electrons. The molecule has 18 heavy (non-hydrogen) atoms. The van der Waals surface area contributed by atoms with Gasteiger partial charge in [-0.25, -0.2) is 9.97 Å². The number of anilines is 3. The first-order valence-electron chi connectivity index (χ1n) is 5.60.